The average molecular weight is 394 g/mol. The summed E-state index contributed by atoms with van der Waals surface area (Å²) in [7, 11) is 6.17. The predicted octanol–water partition coefficient (Wildman–Crippen LogP) is 2.42. The predicted molar refractivity (Wildman–Crippen MR) is 99.1 cm³/mol. The molecule has 0 unspecified atom stereocenters. The molecule has 1 aliphatic rings. The van der Waals surface area contributed by atoms with Crippen LogP contribution in [0.15, 0.2) is 17.6 Å². The van der Waals surface area contributed by atoms with Crippen molar-refractivity contribution in [3.05, 3.63) is 12.7 Å². The third kappa shape index (κ3) is 7.47. The molecule has 1 N–H and O–H groups in total. The highest BCUT2D eigenvalue weighted by Gasteiger charge is 2.17. The first-order valence-corrected chi connectivity index (χ1v) is 7.38. The molecule has 0 bridgehead atoms. The van der Waals surface area contributed by atoms with Gasteiger partial charge in [-0.3, -0.25) is 4.99 Å². The molecule has 1 saturated heterocycles. The number of likely N-dealkylation sites (tertiary alicyclic amines) is 1. The largest absolute Gasteiger partial charge is 0.356 e. The summed E-state index contributed by atoms with van der Waals surface area (Å²) < 4.78 is 0. The van der Waals surface area contributed by atoms with E-state index in [0.29, 0.717) is 0 Å². The van der Waals surface area contributed by atoms with E-state index in [2.05, 4.69) is 40.8 Å². The maximum absolute atomic E-state index is 4.36. The van der Waals surface area contributed by atoms with Gasteiger partial charge >= 0.3 is 0 Å². The standard InChI is InChI=1S/C15H30N4.HI/c1-5-6-7-10-19(4)15(16-2)17-13-14-8-11-18(3)12-9-14;/h5,14H,1,6-13H2,2-4H3,(H,16,17);1H. The Balaban J connectivity index is 0.00000361. The van der Waals surface area contributed by atoms with Crippen molar-refractivity contribution in [2.75, 3.05) is 47.3 Å². The second kappa shape index (κ2) is 11.4. The molecule has 5 heteroatoms. The third-order valence-electron chi connectivity index (χ3n) is 3.86. The van der Waals surface area contributed by atoms with Crippen LogP contribution in [-0.4, -0.2) is 63.1 Å². The second-order valence-corrected chi connectivity index (χ2v) is 5.53. The summed E-state index contributed by atoms with van der Waals surface area (Å²) in [4.78, 5) is 8.98. The average Bonchev–Trinajstić information content (AvgIpc) is 2.42. The van der Waals surface area contributed by atoms with Gasteiger partial charge in [0.25, 0.3) is 0 Å². The number of piperidine rings is 1. The summed E-state index contributed by atoms with van der Waals surface area (Å²) in [6, 6.07) is 0. The zero-order chi connectivity index (χ0) is 14.1. The number of allylic oxidation sites excluding steroid dienone is 1. The van der Waals surface area contributed by atoms with E-state index >= 15 is 0 Å². The van der Waals surface area contributed by atoms with E-state index in [1.165, 1.54) is 25.9 Å². The smallest absolute Gasteiger partial charge is 0.193 e. The molecule has 0 spiro atoms. The Kier molecular flexibility index (Phi) is 11.2. The number of hydrogen-bond acceptors (Lipinski definition) is 2. The molecule has 1 fully saturated rings. The van der Waals surface area contributed by atoms with Gasteiger partial charge in [-0.2, -0.15) is 0 Å². The molecule has 0 atom stereocenters. The van der Waals surface area contributed by atoms with Gasteiger partial charge in [0.05, 0.1) is 0 Å². The van der Waals surface area contributed by atoms with Gasteiger partial charge < -0.3 is 15.1 Å². The SMILES string of the molecule is C=CCCCN(C)C(=NC)NCC1CCN(C)CC1.I. The second-order valence-electron chi connectivity index (χ2n) is 5.53. The minimum atomic E-state index is 0. The Morgan fingerprint density at radius 3 is 2.65 bits per heavy atom. The summed E-state index contributed by atoms with van der Waals surface area (Å²) in [5.74, 6) is 1.80. The molecular formula is C15H31IN4. The normalized spacial score (nSPS) is 17.4. The zero-order valence-electron chi connectivity index (χ0n) is 13.3. The molecule has 0 aliphatic carbocycles. The first-order chi connectivity index (χ1) is 9.17. The fourth-order valence-corrected chi connectivity index (χ4v) is 2.47. The molecule has 0 aromatic heterocycles. The molecule has 1 heterocycles. The van der Waals surface area contributed by atoms with Gasteiger partial charge in [0.2, 0.25) is 0 Å². The first kappa shape index (κ1) is 19.7. The zero-order valence-corrected chi connectivity index (χ0v) is 15.6. The van der Waals surface area contributed by atoms with Gasteiger partial charge in [-0.1, -0.05) is 6.08 Å². The van der Waals surface area contributed by atoms with Gasteiger partial charge in [-0.05, 0) is 51.7 Å². The van der Waals surface area contributed by atoms with Gasteiger partial charge in [0.1, 0.15) is 0 Å². The highest BCUT2D eigenvalue weighted by atomic mass is 127. The maximum atomic E-state index is 4.36. The minimum Gasteiger partial charge on any atom is -0.356 e. The molecule has 0 amide bonds. The molecule has 0 radical (unpaired) electrons. The van der Waals surface area contributed by atoms with Crippen LogP contribution < -0.4 is 5.32 Å². The molecular weight excluding hydrogens is 363 g/mol. The van der Waals surface area contributed by atoms with E-state index in [4.69, 9.17) is 0 Å². The van der Waals surface area contributed by atoms with Crippen LogP contribution in [0.2, 0.25) is 0 Å². The Morgan fingerprint density at radius 1 is 1.45 bits per heavy atom. The monoisotopic (exact) mass is 394 g/mol. The van der Waals surface area contributed by atoms with E-state index in [9.17, 15) is 0 Å². The van der Waals surface area contributed by atoms with Crippen molar-refractivity contribution in [1.29, 1.82) is 0 Å². The molecule has 1 rings (SSSR count). The van der Waals surface area contributed by atoms with Crippen LogP contribution in [0.3, 0.4) is 0 Å². The van der Waals surface area contributed by atoms with E-state index in [1.54, 1.807) is 0 Å². The van der Waals surface area contributed by atoms with Crippen molar-refractivity contribution in [3.8, 4) is 0 Å². The number of nitrogens with zero attached hydrogens (tertiary/aromatic N) is 3. The Morgan fingerprint density at radius 2 is 2.10 bits per heavy atom. The summed E-state index contributed by atoms with van der Waals surface area (Å²) in [6.45, 7) is 8.28. The fraction of sp³-hybridized carbons (Fsp3) is 0.800. The van der Waals surface area contributed by atoms with Gasteiger partial charge in [-0.25, -0.2) is 0 Å². The number of rotatable bonds is 6. The van der Waals surface area contributed by atoms with Crippen LogP contribution in [0.4, 0.5) is 0 Å². The molecule has 4 nitrogen and oxygen atoms in total. The van der Waals surface area contributed by atoms with Gasteiger partial charge in [0.15, 0.2) is 5.96 Å². The third-order valence-corrected chi connectivity index (χ3v) is 3.86. The number of nitrogens with one attached hydrogen (secondary N) is 1. The number of halogens is 1. The van der Waals surface area contributed by atoms with Crippen molar-refractivity contribution < 1.29 is 0 Å². The van der Waals surface area contributed by atoms with Crippen molar-refractivity contribution in [2.45, 2.75) is 25.7 Å². The Hall–Kier alpha value is -0.300. The lowest BCUT2D eigenvalue weighted by molar-refractivity contribution is 0.219. The van der Waals surface area contributed by atoms with Gasteiger partial charge in [0, 0.05) is 27.2 Å². The van der Waals surface area contributed by atoms with Crippen LogP contribution in [0.5, 0.6) is 0 Å². The lowest BCUT2D eigenvalue weighted by Crippen LogP contribution is -2.43. The summed E-state index contributed by atoms with van der Waals surface area (Å²) in [6.07, 6.45) is 6.76. The molecule has 0 saturated carbocycles. The van der Waals surface area contributed by atoms with E-state index in [1.807, 2.05) is 13.1 Å². The van der Waals surface area contributed by atoms with E-state index < -0.39 is 0 Å². The van der Waals surface area contributed by atoms with Crippen LogP contribution in [0.1, 0.15) is 25.7 Å². The quantitative estimate of drug-likeness (QED) is 0.247. The summed E-state index contributed by atoms with van der Waals surface area (Å²) in [5.41, 5.74) is 0. The number of hydrogen-bond donors (Lipinski definition) is 1. The highest BCUT2D eigenvalue weighted by Crippen LogP contribution is 2.14. The molecule has 1 aliphatic heterocycles. The van der Waals surface area contributed by atoms with Crippen molar-refractivity contribution in [3.63, 3.8) is 0 Å². The molecule has 0 aromatic rings. The molecule has 0 aromatic carbocycles. The highest BCUT2D eigenvalue weighted by molar-refractivity contribution is 14.0. The fourth-order valence-electron chi connectivity index (χ4n) is 2.47. The lowest BCUT2D eigenvalue weighted by Gasteiger charge is -2.30. The molecule has 118 valence electrons. The number of aliphatic imine (C=N–C) groups is 1. The van der Waals surface area contributed by atoms with Crippen molar-refractivity contribution >= 4 is 29.9 Å². The Labute approximate surface area is 141 Å². The minimum absolute atomic E-state index is 0. The van der Waals surface area contributed by atoms with Crippen LogP contribution in [0, 0.1) is 5.92 Å². The van der Waals surface area contributed by atoms with Crippen LogP contribution in [0.25, 0.3) is 0 Å². The summed E-state index contributed by atoms with van der Waals surface area (Å²) in [5, 5.41) is 3.51. The van der Waals surface area contributed by atoms with Crippen molar-refractivity contribution in [1.82, 2.24) is 15.1 Å². The molecule has 20 heavy (non-hydrogen) atoms. The van der Waals surface area contributed by atoms with Gasteiger partial charge in [-0.15, -0.1) is 30.6 Å². The van der Waals surface area contributed by atoms with Crippen molar-refractivity contribution in [2.24, 2.45) is 10.9 Å². The topological polar surface area (TPSA) is 30.9 Å². The summed E-state index contributed by atoms with van der Waals surface area (Å²) >= 11 is 0. The number of guanidine groups is 1. The van der Waals surface area contributed by atoms with E-state index in [0.717, 1.165) is 37.8 Å². The first-order valence-electron chi connectivity index (χ1n) is 7.38. The maximum Gasteiger partial charge on any atom is 0.193 e. The van der Waals surface area contributed by atoms with E-state index in [-0.39, 0.29) is 24.0 Å². The van der Waals surface area contributed by atoms with Crippen LogP contribution >= 0.6 is 24.0 Å². The van der Waals surface area contributed by atoms with Crippen LogP contribution in [-0.2, 0) is 0 Å². The number of unbranched alkanes of at least 4 members (excludes halogenated alkanes) is 1. The lowest BCUT2D eigenvalue weighted by atomic mass is 9.97. The Bertz CT molecular complexity index is 286.